The lowest BCUT2D eigenvalue weighted by atomic mass is 9.53. The molecule has 3 aromatic heterocycles. The Bertz CT molecular complexity index is 1530. The standard InChI is InChI=1S/C29H30N4O2/c1-16-27(24-10-18-5-3-4-6-22(18)31(24)13-17-7-8-17)30-33-15-21(12-25(35-2)28(16)33)29(34)32-14-20-9-19-11-23(32)26(19)20/h3-6,10,12,15,17,19-20,23,26H,7-9,11,13-14H2,1-2H3/t19?,20?,23?,26-/m1/s1. The van der Waals surface area contributed by atoms with E-state index >= 15 is 0 Å². The van der Waals surface area contributed by atoms with Gasteiger partial charge in [0.2, 0.25) is 0 Å². The van der Waals surface area contributed by atoms with Gasteiger partial charge in [0.1, 0.15) is 17.0 Å². The number of amides is 1. The van der Waals surface area contributed by atoms with Crippen molar-refractivity contribution in [1.82, 2.24) is 19.1 Å². The molecule has 8 rings (SSSR count). The van der Waals surface area contributed by atoms with Crippen molar-refractivity contribution < 1.29 is 9.53 Å². The molecule has 4 fully saturated rings. The highest BCUT2D eigenvalue weighted by Gasteiger charge is 2.61. The third kappa shape index (κ3) is 2.71. The number of para-hydroxylation sites is 1. The molecular weight excluding hydrogens is 436 g/mol. The second-order valence-electron chi connectivity index (χ2n) is 11.3. The van der Waals surface area contributed by atoms with Gasteiger partial charge in [0.15, 0.2) is 0 Å². The fourth-order valence-corrected chi connectivity index (χ4v) is 7.33. The molecule has 1 aromatic carbocycles. The number of carbonyl (C=O) groups is 1. The first-order valence-electron chi connectivity index (χ1n) is 13.1. The van der Waals surface area contributed by atoms with Crippen LogP contribution in [0.15, 0.2) is 42.6 Å². The number of pyridine rings is 1. The zero-order valence-corrected chi connectivity index (χ0v) is 20.3. The van der Waals surface area contributed by atoms with E-state index in [0.29, 0.717) is 17.4 Å². The molecule has 6 nitrogen and oxygen atoms in total. The summed E-state index contributed by atoms with van der Waals surface area (Å²) >= 11 is 0. The SMILES string of the molecule is COc1cc(C(=O)N2CC3CC4CC2[C@H]43)cn2nc(-c3cc4ccccc4n3CC3CC3)c(C)c12. The third-order valence-electron chi connectivity index (χ3n) is 9.36. The maximum absolute atomic E-state index is 13.6. The minimum absolute atomic E-state index is 0.126. The normalized spacial score (nSPS) is 26.6. The van der Waals surface area contributed by atoms with Crippen LogP contribution in [0.3, 0.4) is 0 Å². The van der Waals surface area contributed by atoms with Crippen LogP contribution in [0.5, 0.6) is 5.75 Å². The summed E-state index contributed by atoms with van der Waals surface area (Å²) in [5.41, 5.74) is 6.06. The molecule has 1 saturated heterocycles. The van der Waals surface area contributed by atoms with E-state index in [1.165, 1.54) is 36.6 Å². The Morgan fingerprint density at radius 1 is 1.14 bits per heavy atom. The molecule has 1 aliphatic heterocycles. The molecule has 6 heteroatoms. The summed E-state index contributed by atoms with van der Waals surface area (Å²) in [6, 6.07) is 13.2. The number of methoxy groups -OCH3 is 1. The smallest absolute Gasteiger partial charge is 0.255 e. The number of rotatable bonds is 5. The molecule has 0 spiro atoms. The van der Waals surface area contributed by atoms with Gasteiger partial charge in [-0.2, -0.15) is 5.10 Å². The third-order valence-corrected chi connectivity index (χ3v) is 9.36. The van der Waals surface area contributed by atoms with Crippen LogP contribution in [0.1, 0.15) is 41.6 Å². The van der Waals surface area contributed by atoms with E-state index in [1.54, 1.807) is 7.11 Å². The molecular formula is C29H30N4O2. The van der Waals surface area contributed by atoms with Crippen LogP contribution >= 0.6 is 0 Å². The summed E-state index contributed by atoms with van der Waals surface area (Å²) < 4.78 is 10.1. The highest BCUT2D eigenvalue weighted by atomic mass is 16.5. The molecule has 3 aliphatic carbocycles. The number of fused-ring (bicyclic) bond motifs is 2. The average molecular weight is 467 g/mol. The Morgan fingerprint density at radius 3 is 2.77 bits per heavy atom. The molecule has 4 aromatic rings. The Balaban J connectivity index is 1.25. The number of ether oxygens (including phenoxy) is 1. The molecule has 4 atom stereocenters. The number of likely N-dealkylation sites (tertiary alicyclic amines) is 1. The second kappa shape index (κ2) is 6.90. The van der Waals surface area contributed by atoms with E-state index in [1.807, 2.05) is 16.8 Å². The van der Waals surface area contributed by atoms with Crippen LogP contribution in [0.2, 0.25) is 0 Å². The first-order chi connectivity index (χ1) is 17.1. The summed E-state index contributed by atoms with van der Waals surface area (Å²) in [6.07, 6.45) is 7.01. The van der Waals surface area contributed by atoms with E-state index in [4.69, 9.17) is 9.84 Å². The lowest BCUT2D eigenvalue weighted by Crippen LogP contribution is -2.53. The molecule has 0 bridgehead atoms. The van der Waals surface area contributed by atoms with Crippen LogP contribution in [-0.2, 0) is 6.54 Å². The number of hydrogen-bond acceptors (Lipinski definition) is 3. The van der Waals surface area contributed by atoms with Crippen molar-refractivity contribution >= 4 is 22.3 Å². The van der Waals surface area contributed by atoms with Crippen LogP contribution in [0, 0.1) is 30.6 Å². The Labute approximate surface area is 204 Å². The Kier molecular flexibility index (Phi) is 3.93. The molecule has 178 valence electrons. The Morgan fingerprint density at radius 2 is 2.00 bits per heavy atom. The van der Waals surface area contributed by atoms with Crippen molar-refractivity contribution in [3.05, 3.63) is 53.7 Å². The molecule has 0 radical (unpaired) electrons. The van der Waals surface area contributed by atoms with Crippen molar-refractivity contribution in [1.29, 1.82) is 0 Å². The van der Waals surface area contributed by atoms with Gasteiger partial charge < -0.3 is 14.2 Å². The first kappa shape index (κ1) is 20.0. The summed E-state index contributed by atoms with van der Waals surface area (Å²) in [5, 5.41) is 6.30. The molecule has 35 heavy (non-hydrogen) atoms. The van der Waals surface area contributed by atoms with Crippen molar-refractivity contribution in [2.75, 3.05) is 13.7 Å². The minimum atomic E-state index is 0.126. The summed E-state index contributed by atoms with van der Waals surface area (Å²) in [5.74, 6) is 3.95. The number of benzene rings is 1. The van der Waals surface area contributed by atoms with Crippen molar-refractivity contribution in [3.8, 4) is 17.1 Å². The molecule has 4 heterocycles. The maximum atomic E-state index is 13.6. The van der Waals surface area contributed by atoms with Gasteiger partial charge in [0.25, 0.3) is 5.91 Å². The van der Waals surface area contributed by atoms with Gasteiger partial charge in [0.05, 0.1) is 18.4 Å². The molecule has 1 amide bonds. The number of carbonyl (C=O) groups excluding carboxylic acids is 1. The Hall–Kier alpha value is -3.28. The molecule has 0 N–H and O–H groups in total. The maximum Gasteiger partial charge on any atom is 0.255 e. The largest absolute Gasteiger partial charge is 0.494 e. The predicted molar refractivity (Wildman–Crippen MR) is 135 cm³/mol. The van der Waals surface area contributed by atoms with Crippen molar-refractivity contribution in [2.24, 2.45) is 23.7 Å². The van der Waals surface area contributed by atoms with Gasteiger partial charge >= 0.3 is 0 Å². The highest BCUT2D eigenvalue weighted by molar-refractivity contribution is 5.96. The van der Waals surface area contributed by atoms with Gasteiger partial charge in [-0.05, 0) is 74.5 Å². The van der Waals surface area contributed by atoms with Crippen LogP contribution in [0.4, 0.5) is 0 Å². The topological polar surface area (TPSA) is 51.8 Å². The fraction of sp³-hybridized carbons (Fsp3) is 0.448. The summed E-state index contributed by atoms with van der Waals surface area (Å²) in [7, 11) is 1.69. The highest BCUT2D eigenvalue weighted by Crippen LogP contribution is 2.60. The number of nitrogens with zero attached hydrogens (tertiary/aromatic N) is 4. The minimum Gasteiger partial charge on any atom is -0.494 e. The van der Waals surface area contributed by atoms with Crippen LogP contribution in [-0.4, -0.2) is 44.7 Å². The lowest BCUT2D eigenvalue weighted by Gasteiger charge is -2.52. The van der Waals surface area contributed by atoms with Gasteiger partial charge in [0, 0.05) is 41.8 Å². The zero-order valence-electron chi connectivity index (χ0n) is 20.3. The first-order valence-corrected chi connectivity index (χ1v) is 13.1. The van der Waals surface area contributed by atoms with Crippen molar-refractivity contribution in [2.45, 2.75) is 45.2 Å². The second-order valence-corrected chi connectivity index (χ2v) is 11.3. The molecule has 3 unspecified atom stereocenters. The summed E-state index contributed by atoms with van der Waals surface area (Å²) in [6.45, 7) is 4.06. The monoisotopic (exact) mass is 466 g/mol. The fourth-order valence-electron chi connectivity index (χ4n) is 7.33. The zero-order chi connectivity index (χ0) is 23.4. The van der Waals surface area contributed by atoms with E-state index in [-0.39, 0.29) is 5.91 Å². The predicted octanol–water partition coefficient (Wildman–Crippen LogP) is 5.16. The summed E-state index contributed by atoms with van der Waals surface area (Å²) in [4.78, 5) is 15.7. The van der Waals surface area contributed by atoms with Gasteiger partial charge in [-0.15, -0.1) is 0 Å². The molecule has 3 saturated carbocycles. The number of aromatic nitrogens is 3. The van der Waals surface area contributed by atoms with E-state index in [2.05, 4.69) is 46.7 Å². The average Bonchev–Trinajstić information content (AvgIpc) is 3.52. The van der Waals surface area contributed by atoms with Gasteiger partial charge in [-0.3, -0.25) is 4.79 Å². The van der Waals surface area contributed by atoms with E-state index in [0.717, 1.165) is 59.2 Å². The van der Waals surface area contributed by atoms with Crippen LogP contribution < -0.4 is 4.74 Å². The van der Waals surface area contributed by atoms with E-state index < -0.39 is 0 Å². The quantitative estimate of drug-likeness (QED) is 0.408. The van der Waals surface area contributed by atoms with Gasteiger partial charge in [-0.25, -0.2) is 4.52 Å². The number of hydrogen-bond donors (Lipinski definition) is 0. The van der Waals surface area contributed by atoms with Crippen molar-refractivity contribution in [3.63, 3.8) is 0 Å². The lowest BCUT2D eigenvalue weighted by molar-refractivity contribution is -0.0204. The number of aryl methyl sites for hydroxylation is 1. The van der Waals surface area contributed by atoms with E-state index in [9.17, 15) is 4.79 Å². The van der Waals surface area contributed by atoms with Crippen LogP contribution in [0.25, 0.3) is 27.8 Å². The van der Waals surface area contributed by atoms with Gasteiger partial charge in [-0.1, -0.05) is 18.2 Å². The molecule has 4 aliphatic rings.